The lowest BCUT2D eigenvalue weighted by Gasteiger charge is -2.18. The monoisotopic (exact) mass is 386 g/mol. The summed E-state index contributed by atoms with van der Waals surface area (Å²) in [5.41, 5.74) is 1.87. The summed E-state index contributed by atoms with van der Waals surface area (Å²) in [5.74, 6) is 8.45. The zero-order valence-corrected chi connectivity index (χ0v) is 16.5. The van der Waals surface area contributed by atoms with E-state index < -0.39 is 0 Å². The van der Waals surface area contributed by atoms with Gasteiger partial charge in [-0.1, -0.05) is 24.0 Å². The average molecular weight is 386 g/mol. The van der Waals surface area contributed by atoms with Crippen molar-refractivity contribution in [2.45, 2.75) is 39.3 Å². The van der Waals surface area contributed by atoms with E-state index in [0.29, 0.717) is 17.6 Å². The standard InChI is InChI=1S/C23H22N4O2/c1-16(20-10-8-19(9-11-20)7-6-18-4-5-18)27-17(2)26-22(14-23(27)28)29-15-21-24-12-3-13-25-21/h3,8-14,16,18H,4-5,15H2,1-2H3/t16-/m1/s1. The Kier molecular flexibility index (Phi) is 5.39. The molecule has 1 aromatic carbocycles. The topological polar surface area (TPSA) is 69.9 Å². The van der Waals surface area contributed by atoms with E-state index in [0.717, 1.165) is 11.1 Å². The van der Waals surface area contributed by atoms with E-state index in [1.807, 2.05) is 31.2 Å². The normalized spacial score (nSPS) is 14.0. The summed E-state index contributed by atoms with van der Waals surface area (Å²) in [6.07, 6.45) is 5.73. The number of aromatic nitrogens is 4. The van der Waals surface area contributed by atoms with Gasteiger partial charge in [-0.3, -0.25) is 9.36 Å². The molecule has 2 aromatic heterocycles. The number of benzene rings is 1. The number of hydrogen-bond donors (Lipinski definition) is 0. The summed E-state index contributed by atoms with van der Waals surface area (Å²) in [6, 6.07) is 11.0. The third-order valence-electron chi connectivity index (χ3n) is 4.85. The molecule has 1 aliphatic rings. The van der Waals surface area contributed by atoms with Crippen molar-refractivity contribution in [2.24, 2.45) is 5.92 Å². The van der Waals surface area contributed by atoms with Gasteiger partial charge in [0.2, 0.25) is 5.88 Å². The summed E-state index contributed by atoms with van der Waals surface area (Å²) in [5, 5.41) is 0. The van der Waals surface area contributed by atoms with Gasteiger partial charge in [-0.2, -0.15) is 0 Å². The van der Waals surface area contributed by atoms with Gasteiger partial charge in [0, 0.05) is 23.9 Å². The fraction of sp³-hybridized carbons (Fsp3) is 0.304. The third kappa shape index (κ3) is 4.69. The van der Waals surface area contributed by atoms with Gasteiger partial charge in [0.25, 0.3) is 5.56 Å². The molecule has 0 bridgehead atoms. The number of nitrogens with zero attached hydrogens (tertiary/aromatic N) is 4. The maximum Gasteiger partial charge on any atom is 0.257 e. The fourth-order valence-corrected chi connectivity index (χ4v) is 3.08. The molecule has 0 aliphatic heterocycles. The summed E-state index contributed by atoms with van der Waals surface area (Å²) < 4.78 is 7.26. The van der Waals surface area contributed by atoms with Crippen LogP contribution < -0.4 is 10.3 Å². The second-order valence-corrected chi connectivity index (χ2v) is 7.15. The molecule has 1 aliphatic carbocycles. The molecular formula is C23H22N4O2. The Hall–Kier alpha value is -3.46. The molecule has 29 heavy (non-hydrogen) atoms. The van der Waals surface area contributed by atoms with Crippen LogP contribution in [0.3, 0.4) is 0 Å². The van der Waals surface area contributed by atoms with E-state index in [2.05, 4.69) is 26.8 Å². The second kappa shape index (κ2) is 8.27. The molecule has 1 fully saturated rings. The predicted octanol–water partition coefficient (Wildman–Crippen LogP) is 3.29. The highest BCUT2D eigenvalue weighted by Crippen LogP contribution is 2.27. The molecule has 4 rings (SSSR count). The van der Waals surface area contributed by atoms with Crippen LogP contribution in [0.25, 0.3) is 0 Å². The van der Waals surface area contributed by atoms with Crippen molar-refractivity contribution in [3.05, 3.63) is 81.9 Å². The Balaban J connectivity index is 1.50. The van der Waals surface area contributed by atoms with E-state index in [4.69, 9.17) is 4.74 Å². The molecule has 1 atom stereocenters. The van der Waals surface area contributed by atoms with Crippen molar-refractivity contribution >= 4 is 0 Å². The largest absolute Gasteiger partial charge is 0.469 e. The van der Waals surface area contributed by atoms with Crippen molar-refractivity contribution in [1.82, 2.24) is 19.5 Å². The molecule has 146 valence electrons. The second-order valence-electron chi connectivity index (χ2n) is 7.15. The molecule has 2 heterocycles. The van der Waals surface area contributed by atoms with E-state index >= 15 is 0 Å². The molecule has 0 spiro atoms. The van der Waals surface area contributed by atoms with Gasteiger partial charge in [-0.15, -0.1) is 0 Å². The first kappa shape index (κ1) is 18.9. The highest BCUT2D eigenvalue weighted by atomic mass is 16.5. The maximum atomic E-state index is 12.7. The molecular weight excluding hydrogens is 364 g/mol. The molecule has 0 unspecified atom stereocenters. The first-order valence-electron chi connectivity index (χ1n) is 9.70. The Bertz CT molecular complexity index is 1110. The van der Waals surface area contributed by atoms with Crippen LogP contribution in [-0.2, 0) is 6.61 Å². The zero-order chi connectivity index (χ0) is 20.2. The van der Waals surface area contributed by atoms with E-state index in [1.165, 1.54) is 18.9 Å². The number of hydrogen-bond acceptors (Lipinski definition) is 5. The predicted molar refractivity (Wildman–Crippen MR) is 109 cm³/mol. The van der Waals surface area contributed by atoms with Crippen molar-refractivity contribution < 1.29 is 4.74 Å². The van der Waals surface area contributed by atoms with Crippen LogP contribution in [-0.4, -0.2) is 19.5 Å². The van der Waals surface area contributed by atoms with Crippen molar-refractivity contribution in [2.75, 3.05) is 0 Å². The van der Waals surface area contributed by atoms with Gasteiger partial charge < -0.3 is 4.74 Å². The minimum Gasteiger partial charge on any atom is -0.469 e. The lowest BCUT2D eigenvalue weighted by atomic mass is 10.1. The quantitative estimate of drug-likeness (QED) is 0.630. The van der Waals surface area contributed by atoms with Crippen LogP contribution in [0.4, 0.5) is 0 Å². The molecule has 0 radical (unpaired) electrons. The number of rotatable bonds is 5. The molecule has 3 aromatic rings. The van der Waals surface area contributed by atoms with Crippen LogP contribution in [0.2, 0.25) is 0 Å². The van der Waals surface area contributed by atoms with E-state index in [9.17, 15) is 4.79 Å². The van der Waals surface area contributed by atoms with Gasteiger partial charge in [-0.05, 0) is 50.5 Å². The van der Waals surface area contributed by atoms with E-state index in [-0.39, 0.29) is 24.1 Å². The minimum absolute atomic E-state index is 0.146. The smallest absolute Gasteiger partial charge is 0.257 e. The molecule has 6 heteroatoms. The molecule has 1 saturated carbocycles. The highest BCUT2D eigenvalue weighted by Gasteiger charge is 2.18. The minimum atomic E-state index is -0.161. The Labute approximate surface area is 169 Å². The SMILES string of the molecule is Cc1nc(OCc2ncccn2)cc(=O)n1[C@H](C)c1ccc(C#CC2CC2)cc1. The van der Waals surface area contributed by atoms with Gasteiger partial charge >= 0.3 is 0 Å². The number of ether oxygens (including phenoxy) is 1. The van der Waals surface area contributed by atoms with Crippen LogP contribution in [0.15, 0.2) is 53.6 Å². The van der Waals surface area contributed by atoms with Crippen LogP contribution in [0.5, 0.6) is 5.88 Å². The first-order valence-corrected chi connectivity index (χ1v) is 9.70. The Morgan fingerprint density at radius 2 is 1.93 bits per heavy atom. The van der Waals surface area contributed by atoms with Crippen LogP contribution >= 0.6 is 0 Å². The van der Waals surface area contributed by atoms with Crippen LogP contribution in [0, 0.1) is 24.7 Å². The first-order chi connectivity index (χ1) is 14.1. The molecule has 6 nitrogen and oxygen atoms in total. The van der Waals surface area contributed by atoms with Crippen LogP contribution in [0.1, 0.15) is 48.6 Å². The zero-order valence-electron chi connectivity index (χ0n) is 16.5. The summed E-state index contributed by atoms with van der Waals surface area (Å²) >= 11 is 0. The van der Waals surface area contributed by atoms with E-state index in [1.54, 1.807) is 30.0 Å². The Morgan fingerprint density at radius 1 is 1.21 bits per heavy atom. The van der Waals surface area contributed by atoms with Crippen molar-refractivity contribution in [3.8, 4) is 17.7 Å². The Morgan fingerprint density at radius 3 is 2.59 bits per heavy atom. The third-order valence-corrected chi connectivity index (χ3v) is 4.85. The van der Waals surface area contributed by atoms with Gasteiger partial charge in [0.15, 0.2) is 5.82 Å². The molecule has 0 saturated heterocycles. The summed E-state index contributed by atoms with van der Waals surface area (Å²) in [7, 11) is 0. The lowest BCUT2D eigenvalue weighted by Crippen LogP contribution is -2.27. The summed E-state index contributed by atoms with van der Waals surface area (Å²) in [6.45, 7) is 3.95. The highest BCUT2D eigenvalue weighted by molar-refractivity contribution is 5.38. The van der Waals surface area contributed by atoms with Crippen molar-refractivity contribution in [1.29, 1.82) is 0 Å². The molecule has 0 amide bonds. The average Bonchev–Trinajstić information content (AvgIpc) is 3.56. The number of aryl methyl sites for hydroxylation is 1. The lowest BCUT2D eigenvalue weighted by molar-refractivity contribution is 0.280. The van der Waals surface area contributed by atoms with Gasteiger partial charge in [0.05, 0.1) is 12.1 Å². The fourth-order valence-electron chi connectivity index (χ4n) is 3.08. The molecule has 0 N–H and O–H groups in total. The van der Waals surface area contributed by atoms with Gasteiger partial charge in [0.1, 0.15) is 12.4 Å². The van der Waals surface area contributed by atoms with Gasteiger partial charge in [-0.25, -0.2) is 15.0 Å². The van der Waals surface area contributed by atoms with Crippen molar-refractivity contribution in [3.63, 3.8) is 0 Å². The maximum absolute atomic E-state index is 12.7. The summed E-state index contributed by atoms with van der Waals surface area (Å²) in [4.78, 5) is 25.4.